The normalized spacial score (nSPS) is 24.1. The minimum Gasteiger partial charge on any atom is -0.508 e. The molecule has 1 aliphatic heterocycles. The lowest BCUT2D eigenvalue weighted by Gasteiger charge is -2.29. The Morgan fingerprint density at radius 2 is 2.21 bits per heavy atom. The van der Waals surface area contributed by atoms with Crippen LogP contribution in [0, 0.1) is 0 Å². The highest BCUT2D eigenvalue weighted by Gasteiger charge is 2.26. The van der Waals surface area contributed by atoms with E-state index in [0.717, 1.165) is 5.56 Å². The second kappa shape index (κ2) is 3.03. The lowest BCUT2D eigenvalue weighted by atomic mass is 10.0. The second-order valence-corrected chi connectivity index (χ2v) is 3.63. The number of rotatable bonds is 1. The molecule has 0 bridgehead atoms. The van der Waals surface area contributed by atoms with E-state index in [1.165, 1.54) is 0 Å². The summed E-state index contributed by atoms with van der Waals surface area (Å²) >= 11 is 0. The van der Waals surface area contributed by atoms with Gasteiger partial charge in [0, 0.05) is 11.6 Å². The Labute approximate surface area is 82.3 Å². The quantitative estimate of drug-likeness (QED) is 0.709. The molecule has 2 rings (SSSR count). The summed E-state index contributed by atoms with van der Waals surface area (Å²) in [6.45, 7) is 1.70. The van der Waals surface area contributed by atoms with Gasteiger partial charge in [-0.3, -0.25) is 0 Å². The van der Waals surface area contributed by atoms with E-state index in [1.807, 2.05) is 12.2 Å². The molecule has 1 aromatic carbocycles. The van der Waals surface area contributed by atoms with Crippen molar-refractivity contribution in [2.24, 2.45) is 0 Å². The molecule has 0 spiro atoms. The van der Waals surface area contributed by atoms with Crippen molar-refractivity contribution in [1.82, 2.24) is 0 Å². The van der Waals surface area contributed by atoms with Gasteiger partial charge >= 0.3 is 0 Å². The van der Waals surface area contributed by atoms with Gasteiger partial charge in [0.1, 0.15) is 17.1 Å². The van der Waals surface area contributed by atoms with E-state index in [9.17, 15) is 5.11 Å². The van der Waals surface area contributed by atoms with E-state index in [-0.39, 0.29) is 12.4 Å². The molecule has 1 unspecified atom stereocenters. The van der Waals surface area contributed by atoms with Gasteiger partial charge in [-0.05, 0) is 25.1 Å². The molecule has 0 aromatic heterocycles. The first-order chi connectivity index (χ1) is 6.63. The maximum atomic E-state index is 9.26. The first-order valence-corrected chi connectivity index (χ1v) is 4.45. The predicted octanol–water partition coefficient (Wildman–Crippen LogP) is 1.55. The van der Waals surface area contributed by atoms with Crippen LogP contribution < -0.4 is 4.74 Å². The van der Waals surface area contributed by atoms with Crippen LogP contribution in [0.1, 0.15) is 12.5 Å². The van der Waals surface area contributed by atoms with Gasteiger partial charge in [0.25, 0.3) is 0 Å². The fraction of sp³-hybridized carbons (Fsp3) is 0.273. The van der Waals surface area contributed by atoms with Gasteiger partial charge in [0.05, 0.1) is 6.61 Å². The zero-order valence-corrected chi connectivity index (χ0v) is 7.90. The maximum Gasteiger partial charge on any atom is 0.148 e. The highest BCUT2D eigenvalue weighted by molar-refractivity contribution is 5.62. The highest BCUT2D eigenvalue weighted by Crippen LogP contribution is 2.33. The Morgan fingerprint density at radius 1 is 1.43 bits per heavy atom. The number of ether oxygens (including phenoxy) is 1. The summed E-state index contributed by atoms with van der Waals surface area (Å²) in [6, 6.07) is 4.93. The van der Waals surface area contributed by atoms with Crippen molar-refractivity contribution >= 4 is 6.08 Å². The van der Waals surface area contributed by atoms with Crippen LogP contribution in [0.5, 0.6) is 11.5 Å². The molecule has 3 nitrogen and oxygen atoms in total. The zero-order valence-electron chi connectivity index (χ0n) is 7.90. The fourth-order valence-corrected chi connectivity index (χ4v) is 1.39. The predicted molar refractivity (Wildman–Crippen MR) is 53.3 cm³/mol. The molecule has 0 radical (unpaired) electrons. The molecule has 0 aliphatic carbocycles. The Bertz CT molecular complexity index is 384. The minimum absolute atomic E-state index is 0.0847. The molecule has 1 aromatic rings. The number of benzene rings is 1. The molecule has 1 heterocycles. The zero-order chi connectivity index (χ0) is 10.2. The monoisotopic (exact) mass is 192 g/mol. The summed E-state index contributed by atoms with van der Waals surface area (Å²) in [5.74, 6) is 0.767. The molecule has 14 heavy (non-hydrogen) atoms. The van der Waals surface area contributed by atoms with Crippen LogP contribution in [0.15, 0.2) is 24.3 Å². The summed E-state index contributed by atoms with van der Waals surface area (Å²) < 4.78 is 5.55. The molecular weight excluding hydrogens is 180 g/mol. The number of phenols is 1. The fourth-order valence-electron chi connectivity index (χ4n) is 1.39. The number of fused-ring (bicyclic) bond motifs is 1. The third kappa shape index (κ3) is 1.46. The number of hydrogen-bond acceptors (Lipinski definition) is 3. The van der Waals surface area contributed by atoms with Gasteiger partial charge in [0.15, 0.2) is 0 Å². The van der Waals surface area contributed by atoms with E-state index < -0.39 is 5.60 Å². The molecular formula is C11H12O3. The molecule has 1 atom stereocenters. The van der Waals surface area contributed by atoms with Crippen LogP contribution >= 0.6 is 0 Å². The largest absolute Gasteiger partial charge is 0.508 e. The van der Waals surface area contributed by atoms with E-state index in [4.69, 9.17) is 9.84 Å². The average molecular weight is 192 g/mol. The number of hydrogen-bond donors (Lipinski definition) is 2. The van der Waals surface area contributed by atoms with Crippen molar-refractivity contribution in [3.05, 3.63) is 29.8 Å². The summed E-state index contributed by atoms with van der Waals surface area (Å²) in [4.78, 5) is 0. The molecule has 0 fully saturated rings. The Morgan fingerprint density at radius 3 is 2.93 bits per heavy atom. The van der Waals surface area contributed by atoms with Gasteiger partial charge in [-0.1, -0.05) is 6.08 Å². The van der Waals surface area contributed by atoms with Gasteiger partial charge in [-0.2, -0.15) is 0 Å². The average Bonchev–Trinajstić information content (AvgIpc) is 2.17. The van der Waals surface area contributed by atoms with E-state index in [0.29, 0.717) is 5.75 Å². The summed E-state index contributed by atoms with van der Waals surface area (Å²) in [6.07, 6.45) is 3.70. The molecule has 0 amide bonds. The minimum atomic E-state index is -0.680. The first-order valence-electron chi connectivity index (χ1n) is 4.45. The molecule has 0 saturated heterocycles. The van der Waals surface area contributed by atoms with Crippen LogP contribution in [0.4, 0.5) is 0 Å². The summed E-state index contributed by atoms with van der Waals surface area (Å²) in [7, 11) is 0. The van der Waals surface area contributed by atoms with Gasteiger partial charge in [0.2, 0.25) is 0 Å². The van der Waals surface area contributed by atoms with E-state index >= 15 is 0 Å². The summed E-state index contributed by atoms with van der Waals surface area (Å²) in [5, 5.41) is 18.4. The topological polar surface area (TPSA) is 49.7 Å². The van der Waals surface area contributed by atoms with Crippen molar-refractivity contribution in [1.29, 1.82) is 0 Å². The lowest BCUT2D eigenvalue weighted by Crippen LogP contribution is -2.35. The number of aliphatic hydroxyl groups is 1. The highest BCUT2D eigenvalue weighted by atomic mass is 16.5. The third-order valence-corrected chi connectivity index (χ3v) is 2.27. The van der Waals surface area contributed by atoms with Crippen molar-refractivity contribution in [3.8, 4) is 11.5 Å². The van der Waals surface area contributed by atoms with Crippen LogP contribution in [0.25, 0.3) is 6.08 Å². The van der Waals surface area contributed by atoms with E-state index in [2.05, 4.69) is 0 Å². The Hall–Kier alpha value is -1.48. The van der Waals surface area contributed by atoms with Crippen molar-refractivity contribution in [2.45, 2.75) is 12.5 Å². The number of aliphatic hydroxyl groups excluding tert-OH is 1. The smallest absolute Gasteiger partial charge is 0.148 e. The lowest BCUT2D eigenvalue weighted by molar-refractivity contribution is 0.0639. The van der Waals surface area contributed by atoms with Crippen molar-refractivity contribution in [2.75, 3.05) is 6.61 Å². The summed E-state index contributed by atoms with van der Waals surface area (Å²) in [5.41, 5.74) is 0.231. The van der Waals surface area contributed by atoms with Gasteiger partial charge < -0.3 is 14.9 Å². The standard InChI is InChI=1S/C11H12O3/c1-11(7-12)5-4-8-2-3-9(13)6-10(8)14-11/h2-6,12-13H,7H2,1H3. The Kier molecular flexibility index (Phi) is 1.97. The molecule has 0 saturated carbocycles. The van der Waals surface area contributed by atoms with Gasteiger partial charge in [-0.25, -0.2) is 0 Å². The third-order valence-electron chi connectivity index (χ3n) is 2.27. The molecule has 2 N–H and O–H groups in total. The first kappa shape index (κ1) is 9.09. The van der Waals surface area contributed by atoms with E-state index in [1.54, 1.807) is 25.1 Å². The van der Waals surface area contributed by atoms with Crippen molar-refractivity contribution < 1.29 is 14.9 Å². The van der Waals surface area contributed by atoms with Crippen LogP contribution in [0.3, 0.4) is 0 Å². The second-order valence-electron chi connectivity index (χ2n) is 3.63. The Balaban J connectivity index is 2.42. The van der Waals surface area contributed by atoms with Crippen molar-refractivity contribution in [3.63, 3.8) is 0 Å². The number of phenolic OH excluding ortho intramolecular Hbond substituents is 1. The van der Waals surface area contributed by atoms with Crippen LogP contribution in [0.2, 0.25) is 0 Å². The van der Waals surface area contributed by atoms with Gasteiger partial charge in [-0.15, -0.1) is 0 Å². The molecule has 1 aliphatic rings. The van der Waals surface area contributed by atoms with Crippen LogP contribution in [-0.4, -0.2) is 22.4 Å². The van der Waals surface area contributed by atoms with Crippen LogP contribution in [-0.2, 0) is 0 Å². The molecule has 3 heteroatoms. The SMILES string of the molecule is CC1(CO)C=Cc2ccc(O)cc2O1. The maximum absolute atomic E-state index is 9.26. The molecule has 74 valence electrons. The number of aromatic hydroxyl groups is 1.